The molecule has 1 N–H and O–H groups in total. The number of nitrogens with one attached hydrogen (secondary N) is 1. The summed E-state index contributed by atoms with van der Waals surface area (Å²) in [5.41, 5.74) is 0.372. The molecule has 5 nitrogen and oxygen atoms in total. The van der Waals surface area contributed by atoms with Gasteiger partial charge in [0, 0.05) is 12.6 Å². The lowest BCUT2D eigenvalue weighted by Gasteiger charge is -2.17. The molecule has 0 heterocycles. The molecular weight excluding hydrogens is 258 g/mol. The van der Waals surface area contributed by atoms with Crippen LogP contribution in [0, 0.1) is 0 Å². The minimum absolute atomic E-state index is 0.215. The minimum Gasteiger partial charge on any atom is -0.493 e. The predicted octanol–water partition coefficient (Wildman–Crippen LogP) is 1.67. The molecule has 6 heteroatoms. The number of hydrogen-bond acceptors (Lipinski definition) is 4. The van der Waals surface area contributed by atoms with Gasteiger partial charge in [-0.1, -0.05) is 11.6 Å². The van der Waals surface area contributed by atoms with Crippen LogP contribution in [-0.4, -0.2) is 32.5 Å². The molecule has 0 spiro atoms. The van der Waals surface area contributed by atoms with Crippen LogP contribution in [0.4, 0.5) is 0 Å². The van der Waals surface area contributed by atoms with E-state index in [0.717, 1.165) is 0 Å². The summed E-state index contributed by atoms with van der Waals surface area (Å²) in [6, 6.07) is 2.94. The molecule has 0 bridgehead atoms. The monoisotopic (exact) mass is 271 g/mol. The largest absolute Gasteiger partial charge is 0.493 e. The van der Waals surface area contributed by atoms with Crippen LogP contribution in [0.5, 0.6) is 11.5 Å². The first-order chi connectivity index (χ1) is 8.53. The number of aldehydes is 1. The summed E-state index contributed by atoms with van der Waals surface area (Å²) in [6.07, 6.45) is -0.0659. The highest BCUT2D eigenvalue weighted by molar-refractivity contribution is 6.32. The number of hydrogen-bond donors (Lipinski definition) is 1. The number of carbonyl (C=O) groups is 2. The fraction of sp³-hybridized carbons (Fsp3) is 0.333. The molecule has 1 rings (SSSR count). The van der Waals surface area contributed by atoms with Crippen molar-refractivity contribution in [3.8, 4) is 11.5 Å². The number of carbonyl (C=O) groups excluding carboxylic acids is 2. The Morgan fingerprint density at radius 3 is 2.67 bits per heavy atom. The van der Waals surface area contributed by atoms with Gasteiger partial charge >= 0.3 is 0 Å². The first kappa shape index (κ1) is 14.3. The number of halogens is 1. The lowest BCUT2D eigenvalue weighted by Crippen LogP contribution is -2.33. The molecule has 0 aliphatic carbocycles. The van der Waals surface area contributed by atoms with Crippen LogP contribution in [0.25, 0.3) is 0 Å². The summed E-state index contributed by atoms with van der Waals surface area (Å²) >= 11 is 5.99. The van der Waals surface area contributed by atoms with E-state index in [1.54, 1.807) is 6.92 Å². The molecule has 18 heavy (non-hydrogen) atoms. The third kappa shape index (κ3) is 3.13. The quantitative estimate of drug-likeness (QED) is 0.828. The molecule has 0 aliphatic heterocycles. The summed E-state index contributed by atoms with van der Waals surface area (Å²) in [6.45, 7) is 1.59. The van der Waals surface area contributed by atoms with Crippen LogP contribution in [0.1, 0.15) is 17.3 Å². The molecule has 0 fully saturated rings. The number of ether oxygens (including phenoxy) is 2. The van der Waals surface area contributed by atoms with Crippen LogP contribution < -0.4 is 14.8 Å². The maximum absolute atomic E-state index is 11.4. The van der Waals surface area contributed by atoms with Crippen molar-refractivity contribution in [2.75, 3.05) is 14.2 Å². The Morgan fingerprint density at radius 2 is 2.17 bits per heavy atom. The molecular formula is C12H14ClNO4. The summed E-state index contributed by atoms with van der Waals surface area (Å²) < 4.78 is 10.5. The zero-order valence-electron chi connectivity index (χ0n) is 10.3. The van der Waals surface area contributed by atoms with Crippen molar-refractivity contribution in [1.29, 1.82) is 0 Å². The number of methoxy groups -OCH3 is 1. The van der Waals surface area contributed by atoms with Crippen molar-refractivity contribution < 1.29 is 19.1 Å². The van der Waals surface area contributed by atoms with Gasteiger partial charge < -0.3 is 14.8 Å². The summed E-state index contributed by atoms with van der Waals surface area (Å²) in [7, 11) is 2.94. The smallest absolute Gasteiger partial charge is 0.260 e. The first-order valence-corrected chi connectivity index (χ1v) is 5.62. The molecule has 0 radical (unpaired) electrons. The van der Waals surface area contributed by atoms with E-state index < -0.39 is 6.10 Å². The highest BCUT2D eigenvalue weighted by Crippen LogP contribution is 2.36. The van der Waals surface area contributed by atoms with Gasteiger partial charge in [0.25, 0.3) is 5.91 Å². The van der Waals surface area contributed by atoms with Crippen molar-refractivity contribution in [2.45, 2.75) is 13.0 Å². The zero-order chi connectivity index (χ0) is 13.7. The van der Waals surface area contributed by atoms with Gasteiger partial charge in [-0.2, -0.15) is 0 Å². The van der Waals surface area contributed by atoms with Gasteiger partial charge in [-0.3, -0.25) is 9.59 Å². The molecule has 0 saturated heterocycles. The van der Waals surface area contributed by atoms with Gasteiger partial charge in [0.15, 0.2) is 17.6 Å². The number of likely N-dealkylation sites (N-methyl/N-ethyl adjacent to an activating group) is 1. The van der Waals surface area contributed by atoms with Crippen molar-refractivity contribution in [1.82, 2.24) is 5.32 Å². The molecule has 1 amide bonds. The van der Waals surface area contributed by atoms with Gasteiger partial charge in [-0.25, -0.2) is 0 Å². The van der Waals surface area contributed by atoms with E-state index in [1.807, 2.05) is 0 Å². The van der Waals surface area contributed by atoms with Crippen LogP contribution >= 0.6 is 11.6 Å². The maximum Gasteiger partial charge on any atom is 0.260 e. The first-order valence-electron chi connectivity index (χ1n) is 5.24. The van der Waals surface area contributed by atoms with E-state index in [1.165, 1.54) is 26.3 Å². The summed E-state index contributed by atoms with van der Waals surface area (Å²) in [4.78, 5) is 22.1. The average molecular weight is 272 g/mol. The van der Waals surface area contributed by atoms with Gasteiger partial charge in [-0.05, 0) is 19.1 Å². The van der Waals surface area contributed by atoms with Crippen LogP contribution in [0.2, 0.25) is 5.02 Å². The third-order valence-corrected chi connectivity index (χ3v) is 2.58. The molecule has 1 aromatic carbocycles. The molecule has 98 valence electrons. The second-order valence-corrected chi connectivity index (χ2v) is 3.93. The Balaban J connectivity index is 3.08. The van der Waals surface area contributed by atoms with Crippen LogP contribution in [-0.2, 0) is 4.79 Å². The summed E-state index contributed by atoms with van der Waals surface area (Å²) in [5.74, 6) is 0.258. The molecule has 1 aromatic rings. The number of benzene rings is 1. The topological polar surface area (TPSA) is 64.6 Å². The van der Waals surface area contributed by atoms with Crippen molar-refractivity contribution in [2.24, 2.45) is 0 Å². The Kier molecular flexibility index (Phi) is 4.97. The molecule has 0 aromatic heterocycles. The Morgan fingerprint density at radius 1 is 1.50 bits per heavy atom. The standard InChI is InChI=1S/C12H14ClNO4/c1-7(12(16)14-2)18-11-9(13)4-8(6-15)5-10(11)17-3/h4-7H,1-3H3,(H,14,16). The maximum atomic E-state index is 11.4. The van der Waals surface area contributed by atoms with E-state index in [0.29, 0.717) is 17.6 Å². The number of rotatable bonds is 5. The third-order valence-electron chi connectivity index (χ3n) is 2.30. The van der Waals surface area contributed by atoms with E-state index in [2.05, 4.69) is 5.32 Å². The van der Waals surface area contributed by atoms with Crippen LogP contribution in [0.3, 0.4) is 0 Å². The second kappa shape index (κ2) is 6.26. The Hall–Kier alpha value is -1.75. The summed E-state index contributed by atoms with van der Waals surface area (Å²) in [5, 5.41) is 2.68. The Labute approximate surface area is 110 Å². The van der Waals surface area contributed by atoms with Gasteiger partial charge in [0.1, 0.15) is 6.29 Å². The van der Waals surface area contributed by atoms with Crippen molar-refractivity contribution in [3.05, 3.63) is 22.7 Å². The lowest BCUT2D eigenvalue weighted by atomic mass is 10.2. The SMILES string of the molecule is CNC(=O)C(C)Oc1c(Cl)cc(C=O)cc1OC. The molecule has 0 aliphatic rings. The minimum atomic E-state index is -0.719. The predicted molar refractivity (Wildman–Crippen MR) is 67.5 cm³/mol. The van der Waals surface area contributed by atoms with Crippen LogP contribution in [0.15, 0.2) is 12.1 Å². The van der Waals surface area contributed by atoms with E-state index in [4.69, 9.17) is 21.1 Å². The van der Waals surface area contributed by atoms with E-state index >= 15 is 0 Å². The fourth-order valence-electron chi connectivity index (χ4n) is 1.36. The van der Waals surface area contributed by atoms with Crippen molar-refractivity contribution in [3.63, 3.8) is 0 Å². The van der Waals surface area contributed by atoms with Gasteiger partial charge in [0.05, 0.1) is 12.1 Å². The highest BCUT2D eigenvalue weighted by atomic mass is 35.5. The zero-order valence-corrected chi connectivity index (χ0v) is 11.1. The van der Waals surface area contributed by atoms with E-state index in [-0.39, 0.29) is 16.7 Å². The molecule has 0 saturated carbocycles. The highest BCUT2D eigenvalue weighted by Gasteiger charge is 2.18. The fourth-order valence-corrected chi connectivity index (χ4v) is 1.62. The number of amides is 1. The van der Waals surface area contributed by atoms with E-state index in [9.17, 15) is 9.59 Å². The second-order valence-electron chi connectivity index (χ2n) is 3.53. The van der Waals surface area contributed by atoms with Gasteiger partial charge in [-0.15, -0.1) is 0 Å². The molecule has 1 unspecified atom stereocenters. The Bertz CT molecular complexity index is 462. The average Bonchev–Trinajstić information content (AvgIpc) is 2.39. The normalized spacial score (nSPS) is 11.6. The van der Waals surface area contributed by atoms with Gasteiger partial charge in [0.2, 0.25) is 0 Å². The molecule has 1 atom stereocenters. The van der Waals surface area contributed by atoms with Crippen molar-refractivity contribution >= 4 is 23.8 Å². The lowest BCUT2D eigenvalue weighted by molar-refractivity contribution is -0.126.